The predicted octanol–water partition coefficient (Wildman–Crippen LogP) is 7.17. The Labute approximate surface area is 216 Å². The summed E-state index contributed by atoms with van der Waals surface area (Å²) in [7, 11) is 0. The molecule has 1 N–H and O–H groups in total. The first-order valence-electron chi connectivity index (χ1n) is 14.2. The second kappa shape index (κ2) is 8.64. The minimum atomic E-state index is -0.475. The lowest BCUT2D eigenvalue weighted by Gasteiger charge is -2.38. The minimum Gasteiger partial charge on any atom is -0.388 e. The molecular weight excluding hydrogens is 446 g/mol. The van der Waals surface area contributed by atoms with Crippen LogP contribution in [-0.2, 0) is 26.9 Å². The van der Waals surface area contributed by atoms with Crippen LogP contribution in [0.1, 0.15) is 137 Å². The third-order valence-electron chi connectivity index (χ3n) is 9.27. The lowest BCUT2D eigenvalue weighted by Crippen LogP contribution is -2.32. The van der Waals surface area contributed by atoms with E-state index in [0.717, 1.165) is 63.0 Å². The summed E-state index contributed by atoms with van der Waals surface area (Å²) >= 11 is 0. The fourth-order valence-corrected chi connectivity index (χ4v) is 7.42. The maximum absolute atomic E-state index is 11.6. The van der Waals surface area contributed by atoms with Gasteiger partial charge in [-0.1, -0.05) is 71.7 Å². The van der Waals surface area contributed by atoms with Gasteiger partial charge in [-0.3, -0.25) is 4.98 Å². The second-order valence-corrected chi connectivity index (χ2v) is 13.7. The van der Waals surface area contributed by atoms with Crippen molar-refractivity contribution in [1.29, 1.82) is 0 Å². The average molecular weight is 490 g/mol. The predicted molar refractivity (Wildman–Crippen MR) is 142 cm³/mol. The maximum Gasteiger partial charge on any atom is 0.111 e. The van der Waals surface area contributed by atoms with Crippen molar-refractivity contribution >= 4 is 0 Å². The van der Waals surface area contributed by atoms with Gasteiger partial charge in [0.15, 0.2) is 0 Å². The Hall–Kier alpha value is -1.75. The highest BCUT2D eigenvalue weighted by atomic mass is 16.5. The van der Waals surface area contributed by atoms with Crippen molar-refractivity contribution in [3.05, 3.63) is 63.5 Å². The first-order chi connectivity index (χ1) is 17.1. The Balaban J connectivity index is 1.57. The molecule has 2 aliphatic carbocycles. The smallest absolute Gasteiger partial charge is 0.111 e. The van der Waals surface area contributed by atoms with E-state index < -0.39 is 6.10 Å². The van der Waals surface area contributed by atoms with E-state index in [0.29, 0.717) is 5.92 Å². The third-order valence-corrected chi connectivity index (χ3v) is 9.27. The third kappa shape index (κ3) is 4.04. The zero-order chi connectivity index (χ0) is 25.3. The zero-order valence-electron chi connectivity index (χ0n) is 22.8. The molecule has 36 heavy (non-hydrogen) atoms. The normalized spacial score (nSPS) is 27.3. The average Bonchev–Trinajstić information content (AvgIpc) is 3.43. The molecule has 1 aromatic carbocycles. The van der Waals surface area contributed by atoms with Gasteiger partial charge in [-0.05, 0) is 66.0 Å². The maximum atomic E-state index is 11.6. The van der Waals surface area contributed by atoms with Crippen LogP contribution in [0.2, 0.25) is 0 Å². The molecule has 0 radical (unpaired) electrons. The van der Waals surface area contributed by atoms with E-state index >= 15 is 0 Å². The Morgan fingerprint density at radius 3 is 2.28 bits per heavy atom. The van der Waals surface area contributed by atoms with Crippen molar-refractivity contribution < 1.29 is 14.6 Å². The first-order valence-corrected chi connectivity index (χ1v) is 14.2. The lowest BCUT2D eigenvalue weighted by atomic mass is 9.70. The summed E-state index contributed by atoms with van der Waals surface area (Å²) in [6.45, 7) is 12.9. The number of pyridine rings is 1. The summed E-state index contributed by atoms with van der Waals surface area (Å²) in [6.07, 6.45) is 7.56. The summed E-state index contributed by atoms with van der Waals surface area (Å²) in [6, 6.07) is 9.09. The van der Waals surface area contributed by atoms with E-state index in [1.807, 2.05) is 0 Å². The van der Waals surface area contributed by atoms with Crippen molar-refractivity contribution in [2.45, 2.75) is 115 Å². The Morgan fingerprint density at radius 1 is 0.972 bits per heavy atom. The van der Waals surface area contributed by atoms with Crippen LogP contribution in [0.5, 0.6) is 0 Å². The number of benzene rings is 1. The first kappa shape index (κ1) is 24.6. The molecule has 2 aromatic rings. The van der Waals surface area contributed by atoms with Gasteiger partial charge in [0.05, 0.1) is 17.4 Å². The number of ether oxygens (including phenoxy) is 2. The topological polar surface area (TPSA) is 51.6 Å². The van der Waals surface area contributed by atoms with Crippen LogP contribution in [0.15, 0.2) is 24.3 Å². The van der Waals surface area contributed by atoms with Crippen molar-refractivity contribution in [3.8, 4) is 0 Å². The van der Waals surface area contributed by atoms with Gasteiger partial charge in [-0.15, -0.1) is 0 Å². The molecule has 4 aliphatic rings. The summed E-state index contributed by atoms with van der Waals surface area (Å²) < 4.78 is 13.0. The molecule has 1 saturated heterocycles. The molecule has 0 unspecified atom stereocenters. The molecule has 0 bridgehead atoms. The Kier molecular flexibility index (Phi) is 5.90. The number of aliphatic hydroxyl groups excluding tert-OH is 1. The van der Waals surface area contributed by atoms with Crippen LogP contribution in [0.3, 0.4) is 0 Å². The van der Waals surface area contributed by atoms with Crippen LogP contribution in [0.4, 0.5) is 0 Å². The molecule has 2 fully saturated rings. The highest BCUT2D eigenvalue weighted by Gasteiger charge is 2.53. The number of nitrogens with zero attached hydrogens (tertiary/aromatic N) is 1. The van der Waals surface area contributed by atoms with E-state index in [1.165, 1.54) is 40.8 Å². The number of hydrogen-bond donors (Lipinski definition) is 1. The van der Waals surface area contributed by atoms with Gasteiger partial charge in [0.2, 0.25) is 0 Å². The van der Waals surface area contributed by atoms with Gasteiger partial charge in [-0.2, -0.15) is 0 Å². The summed E-state index contributed by atoms with van der Waals surface area (Å²) in [4.78, 5) is 5.45. The minimum absolute atomic E-state index is 0.0467. The van der Waals surface area contributed by atoms with E-state index in [2.05, 4.69) is 58.9 Å². The molecule has 4 nitrogen and oxygen atoms in total. The molecule has 1 saturated carbocycles. The lowest BCUT2D eigenvalue weighted by molar-refractivity contribution is -0.0581. The Bertz CT molecular complexity index is 1130. The van der Waals surface area contributed by atoms with E-state index in [9.17, 15) is 5.11 Å². The van der Waals surface area contributed by atoms with Crippen LogP contribution in [0.25, 0.3) is 0 Å². The van der Waals surface area contributed by atoms with E-state index in [4.69, 9.17) is 14.5 Å². The molecule has 3 heterocycles. The quantitative estimate of drug-likeness (QED) is 0.486. The zero-order valence-corrected chi connectivity index (χ0v) is 22.8. The largest absolute Gasteiger partial charge is 0.388 e. The number of hydrogen-bond acceptors (Lipinski definition) is 4. The van der Waals surface area contributed by atoms with Crippen molar-refractivity contribution in [2.75, 3.05) is 13.2 Å². The molecule has 2 aliphatic heterocycles. The number of fused-ring (bicyclic) bond motifs is 4. The van der Waals surface area contributed by atoms with Gasteiger partial charge in [0.1, 0.15) is 6.10 Å². The fraction of sp³-hybridized carbons (Fsp3) is 0.656. The Morgan fingerprint density at radius 2 is 1.64 bits per heavy atom. The molecule has 1 spiro atoms. The summed E-state index contributed by atoms with van der Waals surface area (Å²) in [5.74, 6) is 0.386. The van der Waals surface area contributed by atoms with Crippen LogP contribution < -0.4 is 0 Å². The van der Waals surface area contributed by atoms with Gasteiger partial charge in [0, 0.05) is 36.0 Å². The van der Waals surface area contributed by atoms with Crippen molar-refractivity contribution in [1.82, 2.24) is 4.98 Å². The van der Waals surface area contributed by atoms with Crippen molar-refractivity contribution in [2.24, 2.45) is 5.41 Å². The molecule has 0 amide bonds. The number of aromatic nitrogens is 1. The summed E-state index contributed by atoms with van der Waals surface area (Å²) in [5, 5.41) is 11.6. The molecule has 1 aromatic heterocycles. The number of rotatable bonds is 2. The highest BCUT2D eigenvalue weighted by molar-refractivity contribution is 5.55. The standard InChI is InChI=1S/C32H43NO3/c1-30(2,3)22-10-8-21(9-11-22)29-26-27(32(36-29)14-6-7-15-32)25-23(18-31(4,5)19-24(25)34)33-28(26)20-12-16-35-17-13-20/h8-11,20,24,29,34H,6-7,12-19H2,1-5H3/t24-,29+/m0/s1. The van der Waals surface area contributed by atoms with E-state index in [1.54, 1.807) is 0 Å². The van der Waals surface area contributed by atoms with E-state index in [-0.39, 0.29) is 22.5 Å². The monoisotopic (exact) mass is 489 g/mol. The van der Waals surface area contributed by atoms with Gasteiger partial charge >= 0.3 is 0 Å². The molecule has 6 rings (SSSR count). The second-order valence-electron chi connectivity index (χ2n) is 13.7. The number of aliphatic hydroxyl groups is 1. The molecule has 194 valence electrons. The van der Waals surface area contributed by atoms with Crippen LogP contribution >= 0.6 is 0 Å². The molecule has 2 atom stereocenters. The van der Waals surface area contributed by atoms with Crippen molar-refractivity contribution in [3.63, 3.8) is 0 Å². The SMILES string of the molecule is CC1(C)Cc2nc(C3CCOCC3)c3c(c2[C@@H](O)C1)C1(CCCC1)O[C@@H]3c1ccc(C(C)(C)C)cc1. The summed E-state index contributed by atoms with van der Waals surface area (Å²) in [5.41, 5.74) is 8.48. The van der Waals surface area contributed by atoms with Gasteiger partial charge in [-0.25, -0.2) is 0 Å². The molecular formula is C32H43NO3. The molecule has 4 heteroatoms. The van der Waals surface area contributed by atoms with Crippen LogP contribution in [-0.4, -0.2) is 23.3 Å². The highest BCUT2D eigenvalue weighted by Crippen LogP contribution is 2.60. The van der Waals surface area contributed by atoms with Gasteiger partial charge < -0.3 is 14.6 Å². The fourth-order valence-electron chi connectivity index (χ4n) is 7.42. The van der Waals surface area contributed by atoms with Crippen LogP contribution in [0, 0.1) is 5.41 Å². The van der Waals surface area contributed by atoms with Gasteiger partial charge in [0.25, 0.3) is 0 Å².